The molecule has 0 bridgehead atoms. The maximum atomic E-state index is 13.2. The Balaban J connectivity index is 1.67. The highest BCUT2D eigenvalue weighted by molar-refractivity contribution is 6.51. The molecule has 1 amide bonds. The minimum Gasteiger partial charge on any atom is -0.507 e. The fraction of sp³-hybridized carbons (Fsp3) is 0.154. The molecule has 0 spiro atoms. The number of amides is 1. The van der Waals surface area contributed by atoms with Crippen molar-refractivity contribution in [3.63, 3.8) is 0 Å². The first kappa shape index (κ1) is 21.4. The van der Waals surface area contributed by atoms with Gasteiger partial charge in [-0.05, 0) is 67.4 Å². The van der Waals surface area contributed by atoms with Crippen LogP contribution in [0.3, 0.4) is 0 Å². The number of aromatic amines is 1. The lowest BCUT2D eigenvalue weighted by Gasteiger charge is -2.22. The normalized spacial score (nSPS) is 17.5. The highest BCUT2D eigenvalue weighted by atomic mass is 16.5. The van der Waals surface area contributed by atoms with Crippen LogP contribution in [0.4, 0.5) is 5.95 Å². The Morgan fingerprint density at radius 1 is 1.15 bits per heavy atom. The van der Waals surface area contributed by atoms with Crippen LogP contribution in [0.5, 0.6) is 5.75 Å². The first-order valence-electron chi connectivity index (χ1n) is 10.9. The van der Waals surface area contributed by atoms with E-state index >= 15 is 0 Å². The number of nitrogens with one attached hydrogen (secondary N) is 1. The van der Waals surface area contributed by atoms with Gasteiger partial charge in [0.25, 0.3) is 5.78 Å². The Bertz CT molecular complexity index is 1420. The van der Waals surface area contributed by atoms with Crippen LogP contribution in [0.2, 0.25) is 0 Å². The summed E-state index contributed by atoms with van der Waals surface area (Å²) in [5.41, 5.74) is 3.39. The van der Waals surface area contributed by atoms with Crippen LogP contribution >= 0.6 is 0 Å². The molecule has 34 heavy (non-hydrogen) atoms. The second-order valence-electron chi connectivity index (χ2n) is 7.99. The summed E-state index contributed by atoms with van der Waals surface area (Å²) >= 11 is 0. The van der Waals surface area contributed by atoms with E-state index in [2.05, 4.69) is 15.0 Å². The zero-order valence-electron chi connectivity index (χ0n) is 18.6. The molecule has 0 aliphatic carbocycles. The number of aliphatic hydroxyl groups excluding tert-OH is 1. The molecule has 4 aromatic rings. The van der Waals surface area contributed by atoms with Gasteiger partial charge in [-0.15, -0.1) is 0 Å². The van der Waals surface area contributed by atoms with Crippen LogP contribution in [0.15, 0.2) is 72.6 Å². The Kier molecular flexibility index (Phi) is 5.33. The van der Waals surface area contributed by atoms with Crippen molar-refractivity contribution in [1.29, 1.82) is 0 Å². The van der Waals surface area contributed by atoms with E-state index in [1.54, 1.807) is 48.8 Å². The zero-order chi connectivity index (χ0) is 23.8. The number of ketones is 1. The second-order valence-corrected chi connectivity index (χ2v) is 7.99. The number of rotatable bonds is 5. The first-order chi connectivity index (χ1) is 16.5. The standard InChI is InChI=1S/C26H22N4O4/c1-3-34-18-9-7-16(8-10-18)23(31)21-22(17-5-4-12-27-14-17)30(25(33)24(21)32)26-28-19-11-6-15(2)13-20(19)29-26/h4-14,22,31H,3H2,1-2H3,(H,28,29)/b23-21+. The predicted octanol–water partition coefficient (Wildman–Crippen LogP) is 4.29. The van der Waals surface area contributed by atoms with E-state index < -0.39 is 17.7 Å². The van der Waals surface area contributed by atoms with Gasteiger partial charge in [0, 0.05) is 18.0 Å². The Hall–Kier alpha value is -4.46. The molecule has 1 unspecified atom stereocenters. The number of anilines is 1. The van der Waals surface area contributed by atoms with Crippen molar-refractivity contribution in [3.05, 3.63) is 89.3 Å². The van der Waals surface area contributed by atoms with E-state index in [4.69, 9.17) is 4.74 Å². The van der Waals surface area contributed by atoms with Crippen molar-refractivity contribution in [1.82, 2.24) is 15.0 Å². The molecule has 1 aliphatic heterocycles. The molecule has 8 nitrogen and oxygen atoms in total. The SMILES string of the molecule is CCOc1ccc(/C(O)=C2\C(=O)C(=O)N(c3nc4ccc(C)cc4[nH]3)C2c2cccnc2)cc1. The van der Waals surface area contributed by atoms with E-state index in [0.29, 0.717) is 29.0 Å². The fourth-order valence-corrected chi connectivity index (χ4v) is 4.16. The van der Waals surface area contributed by atoms with E-state index in [1.807, 2.05) is 32.0 Å². The molecule has 0 radical (unpaired) electrons. The maximum absolute atomic E-state index is 13.2. The molecule has 5 rings (SSSR count). The van der Waals surface area contributed by atoms with Crippen LogP contribution in [0, 0.1) is 6.92 Å². The van der Waals surface area contributed by atoms with E-state index in [1.165, 1.54) is 4.90 Å². The molecule has 3 heterocycles. The van der Waals surface area contributed by atoms with E-state index in [9.17, 15) is 14.7 Å². The monoisotopic (exact) mass is 454 g/mol. The van der Waals surface area contributed by atoms with Crippen LogP contribution < -0.4 is 9.64 Å². The number of aromatic nitrogens is 3. The summed E-state index contributed by atoms with van der Waals surface area (Å²) in [6.07, 6.45) is 3.17. The van der Waals surface area contributed by atoms with Gasteiger partial charge in [-0.25, -0.2) is 4.98 Å². The molecule has 1 saturated heterocycles. The van der Waals surface area contributed by atoms with Crippen molar-refractivity contribution in [3.8, 4) is 5.75 Å². The molecule has 170 valence electrons. The smallest absolute Gasteiger partial charge is 0.302 e. The maximum Gasteiger partial charge on any atom is 0.302 e. The lowest BCUT2D eigenvalue weighted by Crippen LogP contribution is -2.30. The number of pyridine rings is 1. The predicted molar refractivity (Wildman–Crippen MR) is 127 cm³/mol. The van der Waals surface area contributed by atoms with Gasteiger partial charge in [0.05, 0.1) is 29.3 Å². The summed E-state index contributed by atoms with van der Waals surface area (Å²) < 4.78 is 5.46. The van der Waals surface area contributed by atoms with Crippen LogP contribution in [-0.2, 0) is 9.59 Å². The van der Waals surface area contributed by atoms with Gasteiger partial charge in [0.15, 0.2) is 0 Å². The number of nitrogens with zero attached hydrogens (tertiary/aromatic N) is 3. The van der Waals surface area contributed by atoms with Gasteiger partial charge in [0.1, 0.15) is 11.5 Å². The van der Waals surface area contributed by atoms with Crippen molar-refractivity contribution in [2.45, 2.75) is 19.9 Å². The number of ether oxygens (including phenoxy) is 1. The Morgan fingerprint density at radius 2 is 1.94 bits per heavy atom. The number of carbonyl (C=O) groups excluding carboxylic acids is 2. The van der Waals surface area contributed by atoms with Crippen LogP contribution in [0.1, 0.15) is 29.7 Å². The molecular weight excluding hydrogens is 432 g/mol. The average Bonchev–Trinajstić information content (AvgIpc) is 3.37. The number of aliphatic hydroxyl groups is 1. The molecule has 2 N–H and O–H groups in total. The quantitative estimate of drug-likeness (QED) is 0.265. The highest BCUT2D eigenvalue weighted by Crippen LogP contribution is 2.41. The van der Waals surface area contributed by atoms with Gasteiger partial charge in [0.2, 0.25) is 5.95 Å². The van der Waals surface area contributed by atoms with Gasteiger partial charge in [-0.3, -0.25) is 19.5 Å². The second kappa shape index (κ2) is 8.47. The summed E-state index contributed by atoms with van der Waals surface area (Å²) in [7, 11) is 0. The first-order valence-corrected chi connectivity index (χ1v) is 10.9. The third-order valence-electron chi connectivity index (χ3n) is 5.74. The average molecular weight is 454 g/mol. The molecule has 2 aromatic heterocycles. The molecule has 1 atom stereocenters. The molecular formula is C26H22N4O4. The molecule has 8 heteroatoms. The topological polar surface area (TPSA) is 108 Å². The lowest BCUT2D eigenvalue weighted by molar-refractivity contribution is -0.132. The largest absolute Gasteiger partial charge is 0.507 e. The number of Topliss-reactive ketones (excluding diaryl/α,β-unsaturated/α-hetero) is 1. The van der Waals surface area contributed by atoms with Crippen molar-refractivity contribution in [2.75, 3.05) is 11.5 Å². The minimum atomic E-state index is -0.901. The summed E-state index contributed by atoms with van der Waals surface area (Å²) in [5, 5.41) is 11.2. The summed E-state index contributed by atoms with van der Waals surface area (Å²) in [5.74, 6) is -0.984. The number of hydrogen-bond acceptors (Lipinski definition) is 6. The zero-order valence-corrected chi connectivity index (χ0v) is 18.6. The molecule has 0 saturated carbocycles. The van der Waals surface area contributed by atoms with Crippen molar-refractivity contribution >= 4 is 34.4 Å². The van der Waals surface area contributed by atoms with Crippen molar-refractivity contribution in [2.24, 2.45) is 0 Å². The third kappa shape index (κ3) is 3.59. The van der Waals surface area contributed by atoms with Crippen LogP contribution in [-0.4, -0.2) is 38.4 Å². The number of carbonyl (C=O) groups is 2. The number of fused-ring (bicyclic) bond motifs is 1. The molecule has 2 aromatic carbocycles. The lowest BCUT2D eigenvalue weighted by atomic mass is 9.96. The molecule has 1 aliphatic rings. The fourth-order valence-electron chi connectivity index (χ4n) is 4.16. The summed E-state index contributed by atoms with van der Waals surface area (Å²) in [4.78, 5) is 39.6. The van der Waals surface area contributed by atoms with E-state index in [-0.39, 0.29) is 17.3 Å². The number of imidazole rings is 1. The highest BCUT2D eigenvalue weighted by Gasteiger charge is 2.48. The van der Waals surface area contributed by atoms with Crippen LogP contribution in [0.25, 0.3) is 16.8 Å². The minimum absolute atomic E-state index is 0.0289. The number of H-pyrrole nitrogens is 1. The summed E-state index contributed by atoms with van der Waals surface area (Å²) in [6.45, 7) is 4.34. The van der Waals surface area contributed by atoms with Gasteiger partial charge >= 0.3 is 5.91 Å². The van der Waals surface area contributed by atoms with Gasteiger partial charge < -0.3 is 14.8 Å². The van der Waals surface area contributed by atoms with Gasteiger partial charge in [-0.2, -0.15) is 0 Å². The Labute approximate surface area is 195 Å². The number of hydrogen-bond donors (Lipinski definition) is 2. The number of benzene rings is 2. The summed E-state index contributed by atoms with van der Waals surface area (Å²) in [6, 6.07) is 15.0. The third-order valence-corrected chi connectivity index (χ3v) is 5.74. The number of aryl methyl sites for hydroxylation is 1. The van der Waals surface area contributed by atoms with E-state index in [0.717, 1.165) is 11.1 Å². The molecule has 1 fully saturated rings. The van der Waals surface area contributed by atoms with Gasteiger partial charge in [-0.1, -0.05) is 12.1 Å². The Morgan fingerprint density at radius 3 is 2.65 bits per heavy atom. The van der Waals surface area contributed by atoms with Crippen molar-refractivity contribution < 1.29 is 19.4 Å².